The van der Waals surface area contributed by atoms with Gasteiger partial charge in [0, 0.05) is 49.1 Å². The normalized spacial score (nSPS) is 24.6. The molecule has 0 saturated carbocycles. The molecule has 2 saturated heterocycles. The Morgan fingerprint density at radius 1 is 1.23 bits per heavy atom. The summed E-state index contributed by atoms with van der Waals surface area (Å²) in [6.45, 7) is 9.23. The van der Waals surface area contributed by atoms with E-state index in [1.165, 1.54) is 11.3 Å². The number of nitrogens with two attached hydrogens (primary N) is 1. The van der Waals surface area contributed by atoms with E-state index in [0.717, 1.165) is 105 Å². The Bertz CT molecular complexity index is 1930. The maximum absolute atomic E-state index is 12.3. The van der Waals surface area contributed by atoms with Crippen molar-refractivity contribution in [3.63, 3.8) is 0 Å². The Balaban J connectivity index is 1.29. The SMILES string of the molecule is CCN(c1nc(-c2noc3c2CCC[C@@]32CCCc3sc(N)c(C#N)c32)nc2c1cnn2[C@@H](C)[C@@H]1CCCN1C)[C@@H]1CCN(C(C)=O)C1. The molecule has 8 rings (SSSR count). The number of nitrogen functional groups attached to an aromatic ring is 1. The van der Waals surface area contributed by atoms with Crippen LogP contribution in [0.5, 0.6) is 0 Å². The molecule has 2 fully saturated rings. The lowest BCUT2D eigenvalue weighted by atomic mass is 9.63. The fourth-order valence-corrected chi connectivity index (χ4v) is 10.5. The van der Waals surface area contributed by atoms with E-state index in [-0.39, 0.29) is 18.0 Å². The van der Waals surface area contributed by atoms with Gasteiger partial charge in [0.1, 0.15) is 16.9 Å². The molecule has 1 amide bonds. The summed E-state index contributed by atoms with van der Waals surface area (Å²) >= 11 is 1.55. The van der Waals surface area contributed by atoms with Crippen LogP contribution in [0.3, 0.4) is 0 Å². The smallest absolute Gasteiger partial charge is 0.219 e. The van der Waals surface area contributed by atoms with E-state index in [0.29, 0.717) is 34.7 Å². The topological polar surface area (TPSA) is 146 Å². The monoisotopic (exact) mass is 668 g/mol. The predicted molar refractivity (Wildman–Crippen MR) is 185 cm³/mol. The van der Waals surface area contributed by atoms with Gasteiger partial charge in [-0.15, -0.1) is 11.3 Å². The molecule has 4 atom stereocenters. The number of hydrogen-bond donors (Lipinski definition) is 1. The van der Waals surface area contributed by atoms with Crippen molar-refractivity contribution in [1.82, 2.24) is 34.7 Å². The van der Waals surface area contributed by atoms with Crippen molar-refractivity contribution in [3.8, 4) is 17.6 Å². The van der Waals surface area contributed by atoms with Crippen LogP contribution >= 0.6 is 11.3 Å². The Labute approximate surface area is 284 Å². The van der Waals surface area contributed by atoms with Crippen LogP contribution in [0.15, 0.2) is 10.7 Å². The maximum Gasteiger partial charge on any atom is 0.219 e. The Kier molecular flexibility index (Phi) is 7.71. The number of carbonyl (C=O) groups is 1. The van der Waals surface area contributed by atoms with Crippen LogP contribution in [0, 0.1) is 11.3 Å². The van der Waals surface area contributed by atoms with Crippen molar-refractivity contribution in [3.05, 3.63) is 33.5 Å². The van der Waals surface area contributed by atoms with Crippen molar-refractivity contribution >= 4 is 39.1 Å². The van der Waals surface area contributed by atoms with Crippen LogP contribution in [0.1, 0.15) is 99.1 Å². The highest BCUT2D eigenvalue weighted by Gasteiger charge is 2.49. The first-order valence-corrected chi connectivity index (χ1v) is 18.4. The van der Waals surface area contributed by atoms with Crippen LogP contribution < -0.4 is 10.6 Å². The summed E-state index contributed by atoms with van der Waals surface area (Å²) in [5.41, 5.74) is 10.1. The molecule has 0 bridgehead atoms. The molecule has 0 unspecified atom stereocenters. The van der Waals surface area contributed by atoms with Gasteiger partial charge in [0.2, 0.25) is 5.91 Å². The molecule has 4 aromatic rings. The minimum absolute atomic E-state index is 0.102. The fourth-order valence-electron chi connectivity index (χ4n) is 9.32. The molecule has 13 heteroatoms. The summed E-state index contributed by atoms with van der Waals surface area (Å²) in [4.78, 5) is 30.7. The standard InChI is InChI=1S/C35H44N10O2S/c1-5-44(22-12-16-43(19-22)21(3)46)33-25-18-38-45(20(2)26-10-8-15-42(26)4)34(25)40-32(39-33)29-23-9-6-13-35(30(23)47-41-29)14-7-11-27-28(35)24(17-36)31(37)48-27/h18,20,22,26H,5-16,19,37H2,1-4H3/t20-,22+,26-,35-/m0/s1. The van der Waals surface area contributed by atoms with Gasteiger partial charge in [-0.3, -0.25) is 4.79 Å². The average molecular weight is 669 g/mol. The molecule has 1 spiro atoms. The van der Waals surface area contributed by atoms with E-state index in [1.54, 1.807) is 18.3 Å². The molecule has 12 nitrogen and oxygen atoms in total. The number of thiophene rings is 1. The number of fused-ring (bicyclic) bond motifs is 5. The first-order chi connectivity index (χ1) is 23.3. The van der Waals surface area contributed by atoms with Gasteiger partial charge in [-0.25, -0.2) is 14.6 Å². The zero-order chi connectivity index (χ0) is 33.3. The van der Waals surface area contributed by atoms with E-state index in [2.05, 4.69) is 41.4 Å². The minimum atomic E-state index is -0.419. The van der Waals surface area contributed by atoms with Crippen molar-refractivity contribution in [2.45, 2.75) is 102 Å². The fraction of sp³-hybridized carbons (Fsp3) is 0.600. The molecular formula is C35H44N10O2S. The van der Waals surface area contributed by atoms with Crippen LogP contribution in [-0.4, -0.2) is 85.9 Å². The molecule has 4 aromatic heterocycles. The molecule has 2 N–H and O–H groups in total. The maximum atomic E-state index is 12.3. The van der Waals surface area contributed by atoms with Gasteiger partial charge in [0.05, 0.1) is 28.6 Å². The highest BCUT2D eigenvalue weighted by atomic mass is 32.1. The lowest BCUT2D eigenvalue weighted by Gasteiger charge is -2.39. The lowest BCUT2D eigenvalue weighted by Crippen LogP contribution is -2.39. The highest BCUT2D eigenvalue weighted by Crippen LogP contribution is 2.55. The van der Waals surface area contributed by atoms with Gasteiger partial charge in [0.25, 0.3) is 0 Å². The summed E-state index contributed by atoms with van der Waals surface area (Å²) < 4.78 is 8.45. The first kappa shape index (κ1) is 31.3. The third-order valence-electron chi connectivity index (χ3n) is 11.7. The number of hydrogen-bond acceptors (Lipinski definition) is 11. The number of anilines is 2. The summed E-state index contributed by atoms with van der Waals surface area (Å²) in [7, 11) is 2.19. The van der Waals surface area contributed by atoms with Crippen molar-refractivity contribution in [2.24, 2.45) is 0 Å². The number of aromatic nitrogens is 5. The van der Waals surface area contributed by atoms with Crippen LogP contribution in [0.4, 0.5) is 10.8 Å². The van der Waals surface area contributed by atoms with Gasteiger partial charge in [-0.05, 0) is 90.8 Å². The molecule has 0 radical (unpaired) electrons. The molecule has 252 valence electrons. The Hall–Kier alpha value is -4.02. The Morgan fingerprint density at radius 3 is 2.75 bits per heavy atom. The summed E-state index contributed by atoms with van der Waals surface area (Å²) in [6, 6.07) is 3.04. The largest absolute Gasteiger partial charge is 0.389 e. The third kappa shape index (κ3) is 4.66. The quantitative estimate of drug-likeness (QED) is 0.296. The van der Waals surface area contributed by atoms with Gasteiger partial charge in [0.15, 0.2) is 22.9 Å². The number of aryl methyl sites for hydroxylation is 1. The highest BCUT2D eigenvalue weighted by molar-refractivity contribution is 7.16. The lowest BCUT2D eigenvalue weighted by molar-refractivity contribution is -0.127. The van der Waals surface area contributed by atoms with Gasteiger partial charge in [-0.2, -0.15) is 10.4 Å². The number of likely N-dealkylation sites (N-methyl/N-ethyl adjacent to an activating group) is 2. The number of amides is 1. The number of carbonyl (C=O) groups excluding carboxylic acids is 1. The second-order valence-corrected chi connectivity index (χ2v) is 15.3. The van der Waals surface area contributed by atoms with Crippen LogP contribution in [0.2, 0.25) is 0 Å². The molecule has 6 heterocycles. The number of likely N-dealkylation sites (tertiary alicyclic amines) is 2. The molecule has 2 aliphatic carbocycles. The van der Waals surface area contributed by atoms with Gasteiger partial charge in [-0.1, -0.05) is 5.16 Å². The Morgan fingerprint density at radius 2 is 2.04 bits per heavy atom. The zero-order valence-electron chi connectivity index (χ0n) is 28.3. The average Bonchev–Trinajstić information content (AvgIpc) is 3.91. The molecule has 2 aliphatic heterocycles. The van der Waals surface area contributed by atoms with Crippen molar-refractivity contribution in [2.75, 3.05) is 43.9 Å². The summed E-state index contributed by atoms with van der Waals surface area (Å²) in [5, 5.41) is 21.4. The summed E-state index contributed by atoms with van der Waals surface area (Å²) in [6.07, 6.45) is 10.6. The van der Waals surface area contributed by atoms with Gasteiger partial charge < -0.3 is 25.0 Å². The number of nitrogens with zero attached hydrogens (tertiary/aromatic N) is 9. The third-order valence-corrected chi connectivity index (χ3v) is 12.8. The van der Waals surface area contributed by atoms with Gasteiger partial charge >= 0.3 is 0 Å². The first-order valence-electron chi connectivity index (χ1n) is 17.5. The van der Waals surface area contributed by atoms with E-state index in [4.69, 9.17) is 30.5 Å². The van der Waals surface area contributed by atoms with E-state index in [1.807, 2.05) is 11.1 Å². The van der Waals surface area contributed by atoms with Crippen LogP contribution in [-0.2, 0) is 23.1 Å². The number of rotatable bonds is 6. The van der Waals surface area contributed by atoms with Crippen LogP contribution in [0.25, 0.3) is 22.6 Å². The van der Waals surface area contributed by atoms with E-state index >= 15 is 0 Å². The van der Waals surface area contributed by atoms with E-state index in [9.17, 15) is 10.1 Å². The predicted octanol–water partition coefficient (Wildman–Crippen LogP) is 5.06. The molecular weight excluding hydrogens is 625 g/mol. The number of nitriles is 1. The second-order valence-electron chi connectivity index (χ2n) is 14.2. The molecule has 4 aliphatic rings. The zero-order valence-corrected chi connectivity index (χ0v) is 29.1. The minimum Gasteiger partial charge on any atom is -0.389 e. The molecule has 0 aromatic carbocycles. The second kappa shape index (κ2) is 11.8. The molecule has 48 heavy (non-hydrogen) atoms. The van der Waals surface area contributed by atoms with E-state index < -0.39 is 5.41 Å². The van der Waals surface area contributed by atoms with Crippen molar-refractivity contribution in [1.29, 1.82) is 5.26 Å². The summed E-state index contributed by atoms with van der Waals surface area (Å²) in [5.74, 6) is 2.31. The van der Waals surface area contributed by atoms with Crippen molar-refractivity contribution < 1.29 is 9.32 Å².